The van der Waals surface area contributed by atoms with E-state index in [0.29, 0.717) is 28.5 Å². The van der Waals surface area contributed by atoms with Gasteiger partial charge in [0.1, 0.15) is 0 Å². The van der Waals surface area contributed by atoms with Crippen molar-refractivity contribution in [2.75, 3.05) is 19.8 Å². The molecule has 3 fully saturated rings. The van der Waals surface area contributed by atoms with E-state index in [-0.39, 0.29) is 11.6 Å². The van der Waals surface area contributed by atoms with Crippen LogP contribution in [0.3, 0.4) is 0 Å². The predicted molar refractivity (Wildman–Crippen MR) is 93.6 cm³/mol. The molecule has 1 atom stereocenters. The highest BCUT2D eigenvalue weighted by molar-refractivity contribution is 5.98. The molecule has 2 N–H and O–H groups in total. The molecule has 5 rings (SSSR count). The fraction of sp³-hybridized carbons (Fsp3) is 0.579. The Kier molecular flexibility index (Phi) is 3.32. The number of rotatable bonds is 2. The number of ether oxygens (including phenoxy) is 1. The van der Waals surface area contributed by atoms with Crippen LogP contribution in [0.4, 0.5) is 0 Å². The number of carbonyl (C=O) groups is 1. The number of carbonyl (C=O) groups excluding carboxylic acids is 1. The summed E-state index contributed by atoms with van der Waals surface area (Å²) >= 11 is 0. The lowest BCUT2D eigenvalue weighted by atomic mass is 9.54. The van der Waals surface area contributed by atoms with Crippen molar-refractivity contribution >= 4 is 16.9 Å². The van der Waals surface area contributed by atoms with Crippen LogP contribution < -0.4 is 5.69 Å². The highest BCUT2D eigenvalue weighted by Crippen LogP contribution is 2.56. The number of nitrogens with one attached hydrogen (secondary N) is 2. The van der Waals surface area contributed by atoms with Gasteiger partial charge in [-0.3, -0.25) is 4.79 Å². The van der Waals surface area contributed by atoms with Gasteiger partial charge < -0.3 is 19.6 Å². The number of hydrogen-bond acceptors (Lipinski definition) is 3. The average Bonchev–Trinajstić information content (AvgIpc) is 2.92. The van der Waals surface area contributed by atoms with Crippen LogP contribution in [0.2, 0.25) is 0 Å². The third kappa shape index (κ3) is 2.27. The van der Waals surface area contributed by atoms with E-state index in [9.17, 15) is 9.59 Å². The van der Waals surface area contributed by atoms with Crippen LogP contribution in [-0.4, -0.2) is 46.6 Å². The van der Waals surface area contributed by atoms with Gasteiger partial charge in [-0.1, -0.05) is 6.42 Å². The van der Waals surface area contributed by atoms with Gasteiger partial charge in [0.25, 0.3) is 5.91 Å². The number of imidazole rings is 1. The second-order valence-corrected chi connectivity index (χ2v) is 7.88. The Morgan fingerprint density at radius 1 is 1.16 bits per heavy atom. The molecule has 1 aromatic heterocycles. The maximum atomic E-state index is 13.2. The van der Waals surface area contributed by atoms with Gasteiger partial charge in [-0.05, 0) is 49.8 Å². The molecule has 6 heteroatoms. The van der Waals surface area contributed by atoms with Gasteiger partial charge >= 0.3 is 5.69 Å². The van der Waals surface area contributed by atoms with Gasteiger partial charge in [-0.25, -0.2) is 4.79 Å². The molecule has 3 heterocycles. The van der Waals surface area contributed by atoms with E-state index in [4.69, 9.17) is 4.74 Å². The molecule has 2 saturated heterocycles. The van der Waals surface area contributed by atoms with E-state index < -0.39 is 0 Å². The molecule has 3 aliphatic rings. The summed E-state index contributed by atoms with van der Waals surface area (Å²) in [4.78, 5) is 32.1. The molecule has 2 aliphatic heterocycles. The summed E-state index contributed by atoms with van der Waals surface area (Å²) in [5.41, 5.74) is 2.22. The van der Waals surface area contributed by atoms with Crippen LogP contribution in [0.1, 0.15) is 42.5 Å². The maximum Gasteiger partial charge on any atom is 0.323 e. The molecule has 1 amide bonds. The first-order valence-corrected chi connectivity index (χ1v) is 9.27. The van der Waals surface area contributed by atoms with Crippen molar-refractivity contribution in [1.29, 1.82) is 0 Å². The highest BCUT2D eigenvalue weighted by atomic mass is 16.5. The quantitative estimate of drug-likeness (QED) is 0.880. The average molecular weight is 341 g/mol. The lowest BCUT2D eigenvalue weighted by Crippen LogP contribution is -2.71. The minimum atomic E-state index is -0.239. The van der Waals surface area contributed by atoms with Crippen molar-refractivity contribution < 1.29 is 9.53 Å². The van der Waals surface area contributed by atoms with Crippen molar-refractivity contribution in [3.8, 4) is 0 Å². The molecule has 0 bridgehead atoms. The van der Waals surface area contributed by atoms with Crippen molar-refractivity contribution in [1.82, 2.24) is 14.9 Å². The van der Waals surface area contributed by atoms with Gasteiger partial charge in [0.15, 0.2) is 0 Å². The van der Waals surface area contributed by atoms with Crippen molar-refractivity contribution in [3.05, 3.63) is 34.2 Å². The Bertz CT molecular complexity index is 873. The van der Waals surface area contributed by atoms with E-state index in [1.54, 1.807) is 6.07 Å². The summed E-state index contributed by atoms with van der Waals surface area (Å²) in [5.74, 6) is 0.653. The van der Waals surface area contributed by atoms with Crippen LogP contribution in [0.25, 0.3) is 11.0 Å². The zero-order valence-electron chi connectivity index (χ0n) is 14.2. The first-order valence-electron chi connectivity index (χ1n) is 9.27. The van der Waals surface area contributed by atoms with Crippen molar-refractivity contribution in [2.45, 2.75) is 38.1 Å². The SMILES string of the molecule is O=C(c1ccc2[nH]c(=O)[nH]c2c1)N1CC2(CCC2)C1C1CCOCC1. The topological polar surface area (TPSA) is 78.2 Å². The number of benzene rings is 1. The second kappa shape index (κ2) is 5.46. The third-order valence-electron chi connectivity index (χ3n) is 6.53. The predicted octanol–water partition coefficient (Wildman–Crippen LogP) is 2.28. The molecule has 1 unspecified atom stereocenters. The molecule has 1 aliphatic carbocycles. The van der Waals surface area contributed by atoms with Crippen LogP contribution in [0.5, 0.6) is 0 Å². The summed E-state index contributed by atoms with van der Waals surface area (Å²) in [6, 6.07) is 5.78. The Hall–Kier alpha value is -2.08. The van der Waals surface area contributed by atoms with E-state index in [1.165, 1.54) is 19.3 Å². The summed E-state index contributed by atoms with van der Waals surface area (Å²) < 4.78 is 5.53. The van der Waals surface area contributed by atoms with Crippen LogP contribution >= 0.6 is 0 Å². The summed E-state index contributed by atoms with van der Waals surface area (Å²) in [6.45, 7) is 2.52. The first-order chi connectivity index (χ1) is 12.2. The van der Waals surface area contributed by atoms with Gasteiger partial charge in [0, 0.05) is 36.8 Å². The Morgan fingerprint density at radius 2 is 1.92 bits per heavy atom. The molecule has 132 valence electrons. The number of aromatic nitrogens is 2. The number of fused-ring (bicyclic) bond motifs is 1. The smallest absolute Gasteiger partial charge is 0.323 e. The number of hydrogen-bond donors (Lipinski definition) is 2. The number of likely N-dealkylation sites (tertiary alicyclic amines) is 1. The van der Waals surface area contributed by atoms with Crippen LogP contribution in [0.15, 0.2) is 23.0 Å². The molecule has 2 aromatic rings. The maximum absolute atomic E-state index is 13.2. The second-order valence-electron chi connectivity index (χ2n) is 7.88. The fourth-order valence-corrected chi connectivity index (χ4v) is 5.15. The Balaban J connectivity index is 1.43. The summed E-state index contributed by atoms with van der Waals surface area (Å²) in [6.07, 6.45) is 5.91. The number of nitrogens with zero attached hydrogens (tertiary/aromatic N) is 1. The fourth-order valence-electron chi connectivity index (χ4n) is 5.15. The molecule has 25 heavy (non-hydrogen) atoms. The van der Waals surface area contributed by atoms with Crippen LogP contribution in [-0.2, 0) is 4.74 Å². The zero-order valence-corrected chi connectivity index (χ0v) is 14.2. The molecular formula is C19H23N3O3. The molecular weight excluding hydrogens is 318 g/mol. The molecule has 6 nitrogen and oxygen atoms in total. The normalized spacial score (nSPS) is 25.8. The van der Waals surface area contributed by atoms with E-state index in [1.807, 2.05) is 12.1 Å². The monoisotopic (exact) mass is 341 g/mol. The first kappa shape index (κ1) is 15.2. The number of H-pyrrole nitrogens is 2. The Labute approximate surface area is 145 Å². The molecule has 1 aromatic carbocycles. The van der Waals surface area contributed by atoms with Crippen LogP contribution in [0, 0.1) is 11.3 Å². The standard InChI is InChI=1S/C19H23N3O3/c23-17(13-2-3-14-15(10-13)21-18(24)20-14)22-11-19(6-1-7-19)16(22)12-4-8-25-9-5-12/h2-3,10,12,16H,1,4-9,11H2,(H2,20,21,24). The Morgan fingerprint density at radius 3 is 2.64 bits per heavy atom. The minimum absolute atomic E-state index is 0.0953. The summed E-state index contributed by atoms with van der Waals surface area (Å²) in [7, 11) is 0. The van der Waals surface area contributed by atoms with E-state index in [0.717, 1.165) is 38.1 Å². The largest absolute Gasteiger partial charge is 0.381 e. The van der Waals surface area contributed by atoms with Gasteiger partial charge in [-0.15, -0.1) is 0 Å². The van der Waals surface area contributed by atoms with E-state index >= 15 is 0 Å². The minimum Gasteiger partial charge on any atom is -0.381 e. The van der Waals surface area contributed by atoms with Gasteiger partial charge in [0.05, 0.1) is 11.0 Å². The molecule has 1 saturated carbocycles. The molecule has 1 spiro atoms. The third-order valence-corrected chi connectivity index (χ3v) is 6.53. The van der Waals surface area contributed by atoms with Crippen molar-refractivity contribution in [3.63, 3.8) is 0 Å². The number of amides is 1. The highest BCUT2D eigenvalue weighted by Gasteiger charge is 2.59. The zero-order chi connectivity index (χ0) is 17.0. The van der Waals surface area contributed by atoms with Gasteiger partial charge in [-0.2, -0.15) is 0 Å². The molecule has 0 radical (unpaired) electrons. The van der Waals surface area contributed by atoms with E-state index in [2.05, 4.69) is 14.9 Å². The number of aromatic amines is 2. The summed E-state index contributed by atoms with van der Waals surface area (Å²) in [5, 5.41) is 0. The lowest BCUT2D eigenvalue weighted by Gasteiger charge is -2.65. The van der Waals surface area contributed by atoms with Crippen molar-refractivity contribution in [2.24, 2.45) is 11.3 Å². The van der Waals surface area contributed by atoms with Gasteiger partial charge in [0.2, 0.25) is 0 Å². The lowest BCUT2D eigenvalue weighted by molar-refractivity contribution is -0.140.